The predicted octanol–water partition coefficient (Wildman–Crippen LogP) is 2.70. The van der Waals surface area contributed by atoms with Crippen LogP contribution in [-0.2, 0) is 11.3 Å². The van der Waals surface area contributed by atoms with Crippen LogP contribution in [0.15, 0.2) is 12.1 Å². The molecule has 1 aromatic rings. The first kappa shape index (κ1) is 17.4. The maximum Gasteiger partial charge on any atom is 0.224 e. The largest absolute Gasteiger partial charge is 0.490 e. The van der Waals surface area contributed by atoms with Gasteiger partial charge >= 0.3 is 0 Å². The number of likely N-dealkylation sites (tertiary alicyclic amines) is 1. The van der Waals surface area contributed by atoms with Crippen molar-refractivity contribution in [1.82, 2.24) is 10.2 Å². The number of nitrogens with zero attached hydrogens (tertiary/aromatic N) is 1. The van der Waals surface area contributed by atoms with Gasteiger partial charge in [0.2, 0.25) is 5.91 Å². The standard InChI is InChI=1S/C18H25ClN2O3/c1-4-23-16-5-12(15(19)6-17(16)24-11(2)3)8-21-9-13-7-20-18(22)14(13)10-21/h5-6,11,13-14H,4,7-10H2,1-3H3,(H,20,22)/t13-,14+/m0/s1. The lowest BCUT2D eigenvalue weighted by Gasteiger charge is -2.20. The average molecular weight is 353 g/mol. The van der Waals surface area contributed by atoms with E-state index < -0.39 is 0 Å². The number of amides is 1. The van der Waals surface area contributed by atoms with E-state index in [-0.39, 0.29) is 17.9 Å². The summed E-state index contributed by atoms with van der Waals surface area (Å²) in [6.07, 6.45) is 0.0580. The molecule has 1 amide bonds. The van der Waals surface area contributed by atoms with Crippen LogP contribution in [0.5, 0.6) is 11.5 Å². The van der Waals surface area contributed by atoms with Gasteiger partial charge in [0.15, 0.2) is 11.5 Å². The second kappa shape index (κ2) is 7.19. The molecule has 0 aliphatic carbocycles. The van der Waals surface area contributed by atoms with Crippen LogP contribution in [0, 0.1) is 11.8 Å². The van der Waals surface area contributed by atoms with Crippen LogP contribution in [0.3, 0.4) is 0 Å². The Hall–Kier alpha value is -1.46. The van der Waals surface area contributed by atoms with Gasteiger partial charge in [-0.3, -0.25) is 9.69 Å². The van der Waals surface area contributed by atoms with Crippen LogP contribution < -0.4 is 14.8 Å². The van der Waals surface area contributed by atoms with Crippen molar-refractivity contribution in [2.75, 3.05) is 26.2 Å². The number of rotatable bonds is 6. The van der Waals surface area contributed by atoms with E-state index in [2.05, 4.69) is 10.2 Å². The highest BCUT2D eigenvalue weighted by Crippen LogP contribution is 2.36. The van der Waals surface area contributed by atoms with Gasteiger partial charge in [-0.25, -0.2) is 0 Å². The zero-order valence-corrected chi connectivity index (χ0v) is 15.2. The minimum Gasteiger partial charge on any atom is -0.490 e. The fraction of sp³-hybridized carbons (Fsp3) is 0.611. The summed E-state index contributed by atoms with van der Waals surface area (Å²) in [5, 5.41) is 3.62. The Kier molecular flexibility index (Phi) is 5.21. The highest BCUT2D eigenvalue weighted by Gasteiger charge is 2.41. The lowest BCUT2D eigenvalue weighted by molar-refractivity contribution is -0.122. The van der Waals surface area contributed by atoms with Crippen LogP contribution in [0.1, 0.15) is 26.3 Å². The van der Waals surface area contributed by atoms with E-state index in [1.54, 1.807) is 0 Å². The van der Waals surface area contributed by atoms with Crippen LogP contribution in [0.25, 0.3) is 0 Å². The maximum absolute atomic E-state index is 11.8. The molecule has 2 atom stereocenters. The van der Waals surface area contributed by atoms with Gasteiger partial charge in [0.1, 0.15) is 0 Å². The zero-order chi connectivity index (χ0) is 17.3. The second-order valence-corrected chi connectivity index (χ2v) is 7.20. The van der Waals surface area contributed by atoms with Crippen LogP contribution >= 0.6 is 11.6 Å². The first-order valence-electron chi connectivity index (χ1n) is 8.59. The topological polar surface area (TPSA) is 50.8 Å². The molecule has 6 heteroatoms. The molecule has 0 bridgehead atoms. The number of carbonyl (C=O) groups is 1. The monoisotopic (exact) mass is 352 g/mol. The zero-order valence-electron chi connectivity index (χ0n) is 14.5. The molecule has 2 heterocycles. The summed E-state index contributed by atoms with van der Waals surface area (Å²) in [7, 11) is 0. The minimum absolute atomic E-state index is 0.0580. The number of carbonyl (C=O) groups excluding carboxylic acids is 1. The summed E-state index contributed by atoms with van der Waals surface area (Å²) >= 11 is 6.47. The van der Waals surface area contributed by atoms with Crippen molar-refractivity contribution in [3.63, 3.8) is 0 Å². The Labute approximate surface area is 148 Å². The third-order valence-electron chi connectivity index (χ3n) is 4.56. The lowest BCUT2D eigenvalue weighted by Crippen LogP contribution is -2.28. The minimum atomic E-state index is 0.0580. The van der Waals surface area contributed by atoms with Crippen LogP contribution in [0.2, 0.25) is 5.02 Å². The fourth-order valence-corrected chi connectivity index (χ4v) is 3.72. The van der Waals surface area contributed by atoms with E-state index >= 15 is 0 Å². The number of halogens is 1. The molecule has 0 unspecified atom stereocenters. The van der Waals surface area contributed by atoms with E-state index in [0.29, 0.717) is 23.3 Å². The van der Waals surface area contributed by atoms with Crippen molar-refractivity contribution in [1.29, 1.82) is 0 Å². The van der Waals surface area contributed by atoms with Gasteiger partial charge in [-0.05, 0) is 32.4 Å². The van der Waals surface area contributed by atoms with Gasteiger partial charge in [-0.1, -0.05) is 11.6 Å². The molecule has 0 radical (unpaired) electrons. The number of hydrogen-bond acceptors (Lipinski definition) is 4. The molecule has 0 aromatic heterocycles. The molecule has 2 aliphatic heterocycles. The van der Waals surface area contributed by atoms with Crippen molar-refractivity contribution in [3.8, 4) is 11.5 Å². The van der Waals surface area contributed by atoms with Gasteiger partial charge in [-0.15, -0.1) is 0 Å². The molecule has 2 fully saturated rings. The molecular weight excluding hydrogens is 328 g/mol. The van der Waals surface area contributed by atoms with Crippen LogP contribution in [-0.4, -0.2) is 43.2 Å². The van der Waals surface area contributed by atoms with E-state index in [4.69, 9.17) is 21.1 Å². The molecule has 0 saturated carbocycles. The average Bonchev–Trinajstić information content (AvgIpc) is 3.05. The quantitative estimate of drug-likeness (QED) is 0.855. The van der Waals surface area contributed by atoms with Gasteiger partial charge in [0.25, 0.3) is 0 Å². The number of benzene rings is 1. The molecule has 1 N–H and O–H groups in total. The SMILES string of the molecule is CCOc1cc(CN2C[C@@H]3CNC(=O)[C@@H]3C2)c(Cl)cc1OC(C)C. The van der Waals surface area contributed by atoms with E-state index in [0.717, 1.165) is 37.5 Å². The van der Waals surface area contributed by atoms with Crippen molar-refractivity contribution >= 4 is 17.5 Å². The van der Waals surface area contributed by atoms with Crippen LogP contribution in [0.4, 0.5) is 0 Å². The van der Waals surface area contributed by atoms with E-state index in [9.17, 15) is 4.79 Å². The molecule has 132 valence electrons. The molecule has 2 saturated heterocycles. The highest BCUT2D eigenvalue weighted by atomic mass is 35.5. The van der Waals surface area contributed by atoms with Gasteiger partial charge in [0, 0.05) is 43.2 Å². The third-order valence-corrected chi connectivity index (χ3v) is 4.91. The van der Waals surface area contributed by atoms with Crippen molar-refractivity contribution in [3.05, 3.63) is 22.7 Å². The molecule has 1 aromatic carbocycles. The second-order valence-electron chi connectivity index (χ2n) is 6.80. The van der Waals surface area contributed by atoms with Crippen molar-refractivity contribution in [2.45, 2.75) is 33.4 Å². The lowest BCUT2D eigenvalue weighted by atomic mass is 10.0. The third kappa shape index (κ3) is 3.62. The Morgan fingerprint density at radius 3 is 2.79 bits per heavy atom. The number of fused-ring (bicyclic) bond motifs is 1. The first-order valence-corrected chi connectivity index (χ1v) is 8.97. The normalized spacial score (nSPS) is 23.5. The summed E-state index contributed by atoms with van der Waals surface area (Å²) in [6.45, 7) is 9.71. The van der Waals surface area contributed by atoms with Gasteiger partial charge in [-0.2, -0.15) is 0 Å². The van der Waals surface area contributed by atoms with Gasteiger partial charge < -0.3 is 14.8 Å². The summed E-state index contributed by atoms with van der Waals surface area (Å²) in [4.78, 5) is 14.1. The Bertz CT molecular complexity index is 621. The Morgan fingerprint density at radius 2 is 2.12 bits per heavy atom. The predicted molar refractivity (Wildman–Crippen MR) is 93.7 cm³/mol. The Balaban J connectivity index is 1.75. The molecule has 24 heavy (non-hydrogen) atoms. The molecule has 0 spiro atoms. The number of hydrogen-bond donors (Lipinski definition) is 1. The number of ether oxygens (including phenoxy) is 2. The molecule has 2 aliphatic rings. The smallest absolute Gasteiger partial charge is 0.224 e. The maximum atomic E-state index is 11.8. The van der Waals surface area contributed by atoms with Crippen molar-refractivity contribution < 1.29 is 14.3 Å². The van der Waals surface area contributed by atoms with Crippen molar-refractivity contribution in [2.24, 2.45) is 11.8 Å². The fourth-order valence-electron chi connectivity index (χ4n) is 3.51. The first-order chi connectivity index (χ1) is 11.5. The molecule has 5 nitrogen and oxygen atoms in total. The summed E-state index contributed by atoms with van der Waals surface area (Å²) < 4.78 is 11.5. The summed E-state index contributed by atoms with van der Waals surface area (Å²) in [6, 6.07) is 3.81. The summed E-state index contributed by atoms with van der Waals surface area (Å²) in [5.74, 6) is 2.13. The summed E-state index contributed by atoms with van der Waals surface area (Å²) in [5.41, 5.74) is 1.01. The van der Waals surface area contributed by atoms with E-state index in [1.807, 2.05) is 32.9 Å². The molecule has 3 rings (SSSR count). The van der Waals surface area contributed by atoms with E-state index in [1.165, 1.54) is 0 Å². The molecular formula is C18H25ClN2O3. The Morgan fingerprint density at radius 1 is 1.33 bits per heavy atom. The van der Waals surface area contributed by atoms with Gasteiger partial charge in [0.05, 0.1) is 18.6 Å². The number of nitrogens with one attached hydrogen (secondary N) is 1. The highest BCUT2D eigenvalue weighted by molar-refractivity contribution is 6.31.